The van der Waals surface area contributed by atoms with Crippen LogP contribution in [0.25, 0.3) is 10.9 Å². The first kappa shape index (κ1) is 25.1. The molecule has 2 N–H and O–H groups in total. The second-order valence-electron chi connectivity index (χ2n) is 8.13. The lowest BCUT2D eigenvalue weighted by molar-refractivity contribution is -0.134. The fraction of sp³-hybridized carbons (Fsp3) is 0.360. The van der Waals surface area contributed by atoms with Crippen LogP contribution in [0.4, 0.5) is 4.39 Å². The highest BCUT2D eigenvalue weighted by molar-refractivity contribution is 5.93. The number of methoxy groups -OCH3 is 1. The number of aromatic amines is 1. The number of carbonyl (C=O) groups excluding carboxylic acids is 1. The molecule has 1 saturated heterocycles. The number of rotatable bonds is 9. The monoisotopic (exact) mass is 496 g/mol. The van der Waals surface area contributed by atoms with Gasteiger partial charge in [0.25, 0.3) is 11.5 Å². The molecule has 3 aromatic rings. The lowest BCUT2D eigenvalue weighted by Crippen LogP contribution is -2.36. The first-order valence-electron chi connectivity index (χ1n) is 11.3. The summed E-state index contributed by atoms with van der Waals surface area (Å²) in [5, 5.41) is 11.3. The van der Waals surface area contributed by atoms with Crippen molar-refractivity contribution in [3.8, 4) is 17.6 Å². The third-order valence-corrected chi connectivity index (χ3v) is 5.62. The molecule has 1 aliphatic heterocycles. The van der Waals surface area contributed by atoms with Gasteiger partial charge in [0.1, 0.15) is 11.1 Å². The Balaban J connectivity index is 1.42. The number of amides is 1. The average molecular weight is 496 g/mol. The third kappa shape index (κ3) is 5.97. The molecule has 0 spiro atoms. The molecule has 0 aliphatic carbocycles. The Labute approximate surface area is 206 Å². The summed E-state index contributed by atoms with van der Waals surface area (Å²) in [6, 6.07) is 11.7. The van der Waals surface area contributed by atoms with E-state index >= 15 is 0 Å². The number of aromatic nitrogens is 2. The number of carbonyl (C=O) groups is 1. The number of hydrogen-bond acceptors (Lipinski definition) is 8. The van der Waals surface area contributed by atoms with E-state index < -0.39 is 17.3 Å². The van der Waals surface area contributed by atoms with Crippen LogP contribution in [-0.2, 0) is 16.0 Å². The molecule has 2 unspecified atom stereocenters. The average Bonchev–Trinajstić information content (AvgIpc) is 2.89. The maximum Gasteiger partial charge on any atom is 0.287 e. The minimum atomic E-state index is -0.722. The van der Waals surface area contributed by atoms with E-state index in [1.165, 1.54) is 6.07 Å². The maximum absolute atomic E-state index is 14.5. The fourth-order valence-electron chi connectivity index (χ4n) is 3.74. The van der Waals surface area contributed by atoms with Gasteiger partial charge in [0.05, 0.1) is 57.1 Å². The van der Waals surface area contributed by atoms with Crippen LogP contribution in [0.15, 0.2) is 41.2 Å². The van der Waals surface area contributed by atoms with Crippen LogP contribution in [-0.4, -0.2) is 55.0 Å². The predicted octanol–water partition coefficient (Wildman–Crippen LogP) is 2.47. The van der Waals surface area contributed by atoms with Gasteiger partial charge in [-0.2, -0.15) is 5.26 Å². The molecule has 1 fully saturated rings. The molecule has 0 bridgehead atoms. The number of nitrogens with one attached hydrogen (secondary N) is 2. The van der Waals surface area contributed by atoms with Crippen molar-refractivity contribution < 1.29 is 28.1 Å². The van der Waals surface area contributed by atoms with Gasteiger partial charge in [-0.15, -0.1) is 0 Å². The summed E-state index contributed by atoms with van der Waals surface area (Å²) in [7, 11) is 1.55. The van der Waals surface area contributed by atoms with Gasteiger partial charge in [-0.05, 0) is 29.8 Å². The number of fused-ring (bicyclic) bond motifs is 1. The van der Waals surface area contributed by atoms with Gasteiger partial charge in [-0.25, -0.2) is 9.37 Å². The SMILES string of the molecule is COc1cccc(CNC(=O)c2nc3ccc(F)c(OCCC4COC(CC#N)CO4)c3c(=O)[nH]2)c1. The van der Waals surface area contributed by atoms with Crippen molar-refractivity contribution in [3.63, 3.8) is 0 Å². The summed E-state index contributed by atoms with van der Waals surface area (Å²) in [4.78, 5) is 32.0. The molecule has 2 atom stereocenters. The summed E-state index contributed by atoms with van der Waals surface area (Å²) < 4.78 is 36.5. The van der Waals surface area contributed by atoms with Crippen molar-refractivity contribution >= 4 is 16.8 Å². The summed E-state index contributed by atoms with van der Waals surface area (Å²) in [6.07, 6.45) is 0.121. The highest BCUT2D eigenvalue weighted by Crippen LogP contribution is 2.26. The van der Waals surface area contributed by atoms with Crippen LogP contribution in [0, 0.1) is 17.1 Å². The zero-order chi connectivity index (χ0) is 25.5. The number of hydrogen-bond donors (Lipinski definition) is 2. The molecule has 36 heavy (non-hydrogen) atoms. The molecule has 0 saturated carbocycles. The van der Waals surface area contributed by atoms with Gasteiger partial charge in [0.15, 0.2) is 17.4 Å². The quantitative estimate of drug-likeness (QED) is 0.461. The minimum absolute atomic E-state index is 0.0647. The van der Waals surface area contributed by atoms with Crippen molar-refractivity contribution in [2.45, 2.75) is 31.6 Å². The molecular formula is C25H25FN4O6. The topological polar surface area (TPSA) is 136 Å². The molecule has 11 heteroatoms. The molecule has 188 valence electrons. The Hall–Kier alpha value is -4.01. The number of nitriles is 1. The Kier molecular flexibility index (Phi) is 8.10. The van der Waals surface area contributed by atoms with E-state index in [-0.39, 0.29) is 54.3 Å². The van der Waals surface area contributed by atoms with Gasteiger partial charge in [-0.1, -0.05) is 12.1 Å². The minimum Gasteiger partial charge on any atom is -0.497 e. The summed E-state index contributed by atoms with van der Waals surface area (Å²) in [5.41, 5.74) is 0.229. The van der Waals surface area contributed by atoms with E-state index in [0.29, 0.717) is 25.4 Å². The Morgan fingerprint density at radius 1 is 1.28 bits per heavy atom. The van der Waals surface area contributed by atoms with Crippen molar-refractivity contribution in [2.24, 2.45) is 0 Å². The van der Waals surface area contributed by atoms with Crippen molar-refractivity contribution in [3.05, 3.63) is 64.0 Å². The Morgan fingerprint density at radius 2 is 2.08 bits per heavy atom. The number of H-pyrrole nitrogens is 1. The molecule has 2 heterocycles. The number of benzene rings is 2. The number of halogens is 1. The molecule has 4 rings (SSSR count). The van der Waals surface area contributed by atoms with Crippen LogP contribution >= 0.6 is 0 Å². The van der Waals surface area contributed by atoms with Crippen LogP contribution in [0.3, 0.4) is 0 Å². The zero-order valence-electron chi connectivity index (χ0n) is 19.6. The second kappa shape index (κ2) is 11.6. The molecule has 10 nitrogen and oxygen atoms in total. The summed E-state index contributed by atoms with van der Waals surface area (Å²) in [6.45, 7) is 0.853. The maximum atomic E-state index is 14.5. The summed E-state index contributed by atoms with van der Waals surface area (Å²) in [5.74, 6) is -1.11. The van der Waals surface area contributed by atoms with E-state index in [1.807, 2.05) is 12.1 Å². The van der Waals surface area contributed by atoms with Gasteiger partial charge in [0.2, 0.25) is 0 Å². The smallest absolute Gasteiger partial charge is 0.287 e. The first-order valence-corrected chi connectivity index (χ1v) is 11.3. The number of ether oxygens (including phenoxy) is 4. The lowest BCUT2D eigenvalue weighted by atomic mass is 10.2. The van der Waals surface area contributed by atoms with Gasteiger partial charge in [0, 0.05) is 13.0 Å². The molecule has 0 radical (unpaired) electrons. The zero-order valence-corrected chi connectivity index (χ0v) is 19.6. The molecule has 1 aliphatic rings. The fourth-order valence-corrected chi connectivity index (χ4v) is 3.74. The van der Waals surface area contributed by atoms with Crippen molar-refractivity contribution in [1.29, 1.82) is 5.26 Å². The molecule has 1 aromatic heterocycles. The summed E-state index contributed by atoms with van der Waals surface area (Å²) >= 11 is 0. The second-order valence-corrected chi connectivity index (χ2v) is 8.13. The highest BCUT2D eigenvalue weighted by Gasteiger charge is 2.23. The predicted molar refractivity (Wildman–Crippen MR) is 126 cm³/mol. The molecule has 2 aromatic carbocycles. The Morgan fingerprint density at radius 3 is 2.83 bits per heavy atom. The largest absolute Gasteiger partial charge is 0.497 e. The van der Waals surface area contributed by atoms with E-state index in [0.717, 1.165) is 11.6 Å². The number of nitrogens with zero attached hydrogens (tertiary/aromatic N) is 2. The van der Waals surface area contributed by atoms with E-state index in [2.05, 4.69) is 15.3 Å². The van der Waals surface area contributed by atoms with Crippen molar-refractivity contribution in [1.82, 2.24) is 15.3 Å². The molecule has 1 amide bonds. The van der Waals surface area contributed by atoms with E-state index in [4.69, 9.17) is 24.2 Å². The third-order valence-electron chi connectivity index (χ3n) is 5.62. The van der Waals surface area contributed by atoms with E-state index in [1.54, 1.807) is 25.3 Å². The Bertz CT molecular complexity index is 1330. The van der Waals surface area contributed by atoms with Gasteiger partial charge < -0.3 is 29.2 Å². The van der Waals surface area contributed by atoms with Crippen LogP contribution < -0.4 is 20.3 Å². The van der Waals surface area contributed by atoms with Crippen molar-refractivity contribution in [2.75, 3.05) is 26.9 Å². The molecular weight excluding hydrogens is 471 g/mol. The van der Waals surface area contributed by atoms with Gasteiger partial charge in [-0.3, -0.25) is 9.59 Å². The van der Waals surface area contributed by atoms with E-state index in [9.17, 15) is 14.0 Å². The standard InChI is InChI=1S/C25H25FN4O6/c1-33-16-4-2-3-15(11-16)12-28-25(32)23-29-20-6-5-19(26)22(21(20)24(31)30-23)34-10-8-18-14-35-17(7-9-27)13-36-18/h2-6,11,17-18H,7-8,10,12-14H2,1H3,(H,28,32)(H,29,30,31). The van der Waals surface area contributed by atoms with Crippen LogP contribution in [0.5, 0.6) is 11.5 Å². The van der Waals surface area contributed by atoms with Crippen LogP contribution in [0.1, 0.15) is 29.0 Å². The van der Waals surface area contributed by atoms with Gasteiger partial charge >= 0.3 is 0 Å². The first-order chi connectivity index (χ1) is 17.5. The lowest BCUT2D eigenvalue weighted by Gasteiger charge is -2.28. The highest BCUT2D eigenvalue weighted by atomic mass is 19.1. The normalized spacial score (nSPS) is 17.4. The van der Waals surface area contributed by atoms with Crippen LogP contribution in [0.2, 0.25) is 0 Å².